The van der Waals surface area contributed by atoms with Crippen molar-refractivity contribution in [3.8, 4) is 0 Å². The summed E-state index contributed by atoms with van der Waals surface area (Å²) < 4.78 is 10.5. The Labute approximate surface area is 99.1 Å². The molecular weight excluding hydrogens is 202 g/mol. The maximum absolute atomic E-state index is 5.23. The van der Waals surface area contributed by atoms with Gasteiger partial charge in [0.15, 0.2) is 6.29 Å². The summed E-state index contributed by atoms with van der Waals surface area (Å²) in [6.45, 7) is 2.09. The number of hydrogen-bond acceptors (Lipinski definition) is 3. The molecular formula is C13H25NO2. The van der Waals surface area contributed by atoms with Gasteiger partial charge in [0, 0.05) is 27.3 Å². The number of nitrogens with zero attached hydrogens (tertiary/aromatic N) is 1. The van der Waals surface area contributed by atoms with Gasteiger partial charge in [0.05, 0.1) is 0 Å². The first-order chi connectivity index (χ1) is 7.72. The standard InChI is InChI=1S/C13H25NO2/c1-14(9-13(15-2)16-3)8-12-7-10-4-5-11(12)6-10/h10-13H,4-9H2,1-3H3. The molecule has 0 aromatic carbocycles. The molecule has 16 heavy (non-hydrogen) atoms. The van der Waals surface area contributed by atoms with Crippen molar-refractivity contribution in [1.82, 2.24) is 4.90 Å². The van der Waals surface area contributed by atoms with E-state index in [0.29, 0.717) is 0 Å². The van der Waals surface area contributed by atoms with E-state index in [-0.39, 0.29) is 6.29 Å². The van der Waals surface area contributed by atoms with Gasteiger partial charge in [0.2, 0.25) is 0 Å². The molecule has 2 fully saturated rings. The quantitative estimate of drug-likeness (QED) is 0.648. The number of hydrogen-bond donors (Lipinski definition) is 0. The summed E-state index contributed by atoms with van der Waals surface area (Å²) >= 11 is 0. The van der Waals surface area contributed by atoms with Gasteiger partial charge < -0.3 is 14.4 Å². The molecule has 0 radical (unpaired) electrons. The van der Waals surface area contributed by atoms with Crippen LogP contribution in [0.25, 0.3) is 0 Å². The van der Waals surface area contributed by atoms with Gasteiger partial charge in [-0.3, -0.25) is 0 Å². The van der Waals surface area contributed by atoms with Gasteiger partial charge in [-0.15, -0.1) is 0 Å². The van der Waals surface area contributed by atoms with Gasteiger partial charge in [-0.25, -0.2) is 0 Å². The number of methoxy groups -OCH3 is 2. The molecule has 3 unspecified atom stereocenters. The molecule has 2 aliphatic carbocycles. The number of fused-ring (bicyclic) bond motifs is 2. The Kier molecular flexibility index (Phi) is 4.22. The van der Waals surface area contributed by atoms with Crippen LogP contribution in [-0.2, 0) is 9.47 Å². The molecule has 2 bridgehead atoms. The maximum Gasteiger partial charge on any atom is 0.169 e. The summed E-state index contributed by atoms with van der Waals surface area (Å²) in [5.74, 6) is 2.98. The third-order valence-corrected chi connectivity index (χ3v) is 4.42. The first-order valence-electron chi connectivity index (χ1n) is 6.47. The van der Waals surface area contributed by atoms with E-state index in [1.807, 2.05) is 0 Å². The fraction of sp³-hybridized carbons (Fsp3) is 1.00. The third-order valence-electron chi connectivity index (χ3n) is 4.42. The molecule has 0 saturated heterocycles. The third kappa shape index (κ3) is 2.76. The van der Waals surface area contributed by atoms with E-state index in [4.69, 9.17) is 9.47 Å². The molecule has 0 N–H and O–H groups in total. The molecule has 0 aromatic rings. The van der Waals surface area contributed by atoms with Crippen LogP contribution in [0.5, 0.6) is 0 Å². The van der Waals surface area contributed by atoms with Crippen molar-refractivity contribution >= 4 is 0 Å². The SMILES string of the molecule is COC(CN(C)CC1CC2CCC1C2)OC. The van der Waals surface area contributed by atoms with Gasteiger partial charge in [0.25, 0.3) is 0 Å². The molecule has 0 aliphatic heterocycles. The van der Waals surface area contributed by atoms with Crippen molar-refractivity contribution in [2.45, 2.75) is 32.0 Å². The summed E-state index contributed by atoms with van der Waals surface area (Å²) in [5, 5.41) is 0. The van der Waals surface area contributed by atoms with Crippen LogP contribution in [0, 0.1) is 17.8 Å². The predicted molar refractivity (Wildman–Crippen MR) is 64.2 cm³/mol. The highest BCUT2D eigenvalue weighted by molar-refractivity contribution is 4.90. The zero-order valence-corrected chi connectivity index (χ0v) is 10.8. The minimum absolute atomic E-state index is 0.0800. The van der Waals surface area contributed by atoms with Crippen molar-refractivity contribution in [1.29, 1.82) is 0 Å². The summed E-state index contributed by atoms with van der Waals surface area (Å²) in [6, 6.07) is 0. The van der Waals surface area contributed by atoms with Gasteiger partial charge in [-0.05, 0) is 44.1 Å². The van der Waals surface area contributed by atoms with E-state index in [2.05, 4.69) is 11.9 Å². The summed E-state index contributed by atoms with van der Waals surface area (Å²) in [7, 11) is 5.59. The van der Waals surface area contributed by atoms with Crippen LogP contribution >= 0.6 is 0 Å². The minimum Gasteiger partial charge on any atom is -0.355 e. The molecule has 3 nitrogen and oxygen atoms in total. The van der Waals surface area contributed by atoms with Crippen LogP contribution in [0.15, 0.2) is 0 Å². The molecule has 0 heterocycles. The molecule has 3 heteroatoms. The van der Waals surface area contributed by atoms with Crippen LogP contribution in [0.4, 0.5) is 0 Å². The first kappa shape index (κ1) is 12.3. The molecule has 2 rings (SSSR count). The Morgan fingerprint density at radius 1 is 1.19 bits per heavy atom. The van der Waals surface area contributed by atoms with E-state index < -0.39 is 0 Å². The number of likely N-dealkylation sites (N-methyl/N-ethyl adjacent to an activating group) is 1. The number of rotatable bonds is 6. The highest BCUT2D eigenvalue weighted by Crippen LogP contribution is 2.48. The van der Waals surface area contributed by atoms with E-state index in [9.17, 15) is 0 Å². The second kappa shape index (κ2) is 5.48. The normalized spacial score (nSPS) is 33.2. The molecule has 2 saturated carbocycles. The lowest BCUT2D eigenvalue weighted by Gasteiger charge is -2.28. The Balaban J connectivity index is 1.72. The van der Waals surface area contributed by atoms with Gasteiger partial charge >= 0.3 is 0 Å². The Morgan fingerprint density at radius 2 is 1.94 bits per heavy atom. The summed E-state index contributed by atoms with van der Waals surface area (Å²) in [5.41, 5.74) is 0. The van der Waals surface area contributed by atoms with Gasteiger partial charge in [0.1, 0.15) is 0 Å². The zero-order valence-electron chi connectivity index (χ0n) is 10.8. The van der Waals surface area contributed by atoms with Crippen LogP contribution in [-0.4, -0.2) is 45.5 Å². The van der Waals surface area contributed by atoms with Crippen molar-refractivity contribution in [3.63, 3.8) is 0 Å². The molecule has 94 valence electrons. The van der Waals surface area contributed by atoms with Gasteiger partial charge in [-0.2, -0.15) is 0 Å². The van der Waals surface area contributed by atoms with E-state index in [0.717, 1.165) is 24.3 Å². The van der Waals surface area contributed by atoms with Crippen LogP contribution in [0.3, 0.4) is 0 Å². The molecule has 3 atom stereocenters. The van der Waals surface area contributed by atoms with Crippen molar-refractivity contribution < 1.29 is 9.47 Å². The lowest BCUT2D eigenvalue weighted by atomic mass is 9.88. The van der Waals surface area contributed by atoms with Crippen molar-refractivity contribution in [2.24, 2.45) is 17.8 Å². The minimum atomic E-state index is -0.0800. The van der Waals surface area contributed by atoms with Crippen molar-refractivity contribution in [3.05, 3.63) is 0 Å². The van der Waals surface area contributed by atoms with Crippen LogP contribution in [0.1, 0.15) is 25.7 Å². The van der Waals surface area contributed by atoms with Crippen LogP contribution < -0.4 is 0 Å². The Hall–Kier alpha value is -0.120. The summed E-state index contributed by atoms with van der Waals surface area (Å²) in [4.78, 5) is 2.36. The monoisotopic (exact) mass is 227 g/mol. The molecule has 0 spiro atoms. The Bertz CT molecular complexity index is 218. The average molecular weight is 227 g/mol. The topological polar surface area (TPSA) is 21.7 Å². The molecule has 2 aliphatic rings. The number of ether oxygens (including phenoxy) is 2. The Morgan fingerprint density at radius 3 is 2.44 bits per heavy atom. The summed E-state index contributed by atoms with van der Waals surface area (Å²) in [6.07, 6.45) is 5.84. The highest BCUT2D eigenvalue weighted by atomic mass is 16.7. The first-order valence-corrected chi connectivity index (χ1v) is 6.47. The van der Waals surface area contributed by atoms with Crippen LogP contribution in [0.2, 0.25) is 0 Å². The fourth-order valence-corrected chi connectivity index (χ4v) is 3.57. The second-order valence-corrected chi connectivity index (χ2v) is 5.56. The van der Waals surface area contributed by atoms with Crippen molar-refractivity contribution in [2.75, 3.05) is 34.4 Å². The predicted octanol–water partition coefficient (Wildman–Crippen LogP) is 1.97. The smallest absolute Gasteiger partial charge is 0.169 e. The fourth-order valence-electron chi connectivity index (χ4n) is 3.57. The second-order valence-electron chi connectivity index (χ2n) is 5.56. The van der Waals surface area contributed by atoms with E-state index in [1.165, 1.54) is 32.2 Å². The lowest BCUT2D eigenvalue weighted by molar-refractivity contribution is -0.115. The zero-order chi connectivity index (χ0) is 11.5. The average Bonchev–Trinajstić information content (AvgIpc) is 2.87. The van der Waals surface area contributed by atoms with Gasteiger partial charge in [-0.1, -0.05) is 6.42 Å². The molecule has 0 aromatic heterocycles. The van der Waals surface area contributed by atoms with E-state index in [1.54, 1.807) is 14.2 Å². The molecule has 0 amide bonds. The maximum atomic E-state index is 5.23. The van der Waals surface area contributed by atoms with E-state index >= 15 is 0 Å². The largest absolute Gasteiger partial charge is 0.355 e. The lowest BCUT2D eigenvalue weighted by Crippen LogP contribution is -2.36. The highest BCUT2D eigenvalue weighted by Gasteiger charge is 2.39.